The van der Waals surface area contributed by atoms with Crippen molar-refractivity contribution in [3.05, 3.63) is 65.7 Å². The molecule has 0 unspecified atom stereocenters. The van der Waals surface area contributed by atoms with E-state index in [2.05, 4.69) is 10.3 Å². The molecule has 1 fully saturated rings. The first kappa shape index (κ1) is 23.2. The SMILES string of the molecule is CN(c1ccc(O)c(-c2ccc(CNC(=O)N3CCOCC3)c(N)n2)c1)c1ccc(F)cc1F. The molecule has 2 aromatic carbocycles. The van der Waals surface area contributed by atoms with Crippen LogP contribution in [0.15, 0.2) is 48.5 Å². The number of phenols is 1. The average molecular weight is 469 g/mol. The van der Waals surface area contributed by atoms with Gasteiger partial charge in [0.15, 0.2) is 0 Å². The number of morpholine rings is 1. The van der Waals surface area contributed by atoms with Gasteiger partial charge in [-0.05, 0) is 36.4 Å². The van der Waals surface area contributed by atoms with E-state index in [0.717, 1.165) is 6.07 Å². The Bertz CT molecular complexity index is 1200. The Hall–Kier alpha value is -3.92. The van der Waals surface area contributed by atoms with Crippen LogP contribution in [0.5, 0.6) is 5.75 Å². The summed E-state index contributed by atoms with van der Waals surface area (Å²) in [6.45, 7) is 2.29. The quantitative estimate of drug-likeness (QED) is 0.527. The van der Waals surface area contributed by atoms with Crippen molar-refractivity contribution in [3.8, 4) is 17.0 Å². The summed E-state index contributed by atoms with van der Waals surface area (Å²) in [4.78, 5) is 19.9. The number of benzene rings is 2. The highest BCUT2D eigenvalue weighted by Gasteiger charge is 2.18. The van der Waals surface area contributed by atoms with Crippen molar-refractivity contribution < 1.29 is 23.4 Å². The van der Waals surface area contributed by atoms with Gasteiger partial charge in [0, 0.05) is 49.6 Å². The van der Waals surface area contributed by atoms with Crippen molar-refractivity contribution in [2.45, 2.75) is 6.54 Å². The number of urea groups is 1. The number of aromatic hydroxyl groups is 1. The molecule has 0 aliphatic carbocycles. The number of rotatable bonds is 5. The third kappa shape index (κ3) is 5.01. The number of nitrogens with one attached hydrogen (secondary N) is 1. The van der Waals surface area contributed by atoms with Crippen LogP contribution in [0.2, 0.25) is 0 Å². The standard InChI is InChI=1S/C24H25F2N5O3/c1-30(21-6-3-16(25)12-19(21)26)17-4-7-22(32)18(13-17)20-5-2-15(23(27)29-20)14-28-24(33)31-8-10-34-11-9-31/h2-7,12-13,32H,8-11,14H2,1H3,(H2,27,29)(H,28,33). The van der Waals surface area contributed by atoms with Crippen LogP contribution in [0.4, 0.5) is 30.8 Å². The highest BCUT2D eigenvalue weighted by Crippen LogP contribution is 2.35. The number of nitrogen functional groups attached to an aromatic ring is 1. The largest absolute Gasteiger partial charge is 0.507 e. The lowest BCUT2D eigenvalue weighted by atomic mass is 10.1. The predicted octanol–water partition coefficient (Wildman–Crippen LogP) is 3.62. The molecule has 1 saturated heterocycles. The van der Waals surface area contributed by atoms with E-state index in [9.17, 15) is 18.7 Å². The summed E-state index contributed by atoms with van der Waals surface area (Å²) in [7, 11) is 1.63. The zero-order valence-corrected chi connectivity index (χ0v) is 18.6. The molecular weight excluding hydrogens is 444 g/mol. The summed E-state index contributed by atoms with van der Waals surface area (Å²) < 4.78 is 32.8. The molecule has 178 valence electrons. The molecule has 0 saturated carbocycles. The lowest BCUT2D eigenvalue weighted by Crippen LogP contribution is -2.45. The van der Waals surface area contributed by atoms with Crippen LogP contribution in [-0.2, 0) is 11.3 Å². The average Bonchev–Trinajstić information content (AvgIpc) is 2.83. The number of nitrogens with two attached hydrogens (primary N) is 1. The number of hydrogen-bond donors (Lipinski definition) is 3. The lowest BCUT2D eigenvalue weighted by Gasteiger charge is -2.27. The van der Waals surface area contributed by atoms with Crippen molar-refractivity contribution in [2.24, 2.45) is 0 Å². The van der Waals surface area contributed by atoms with E-state index in [1.54, 1.807) is 36.2 Å². The lowest BCUT2D eigenvalue weighted by molar-refractivity contribution is 0.0531. The molecular formula is C24H25F2N5O3. The molecule has 1 aromatic heterocycles. The van der Waals surface area contributed by atoms with Gasteiger partial charge < -0.3 is 30.7 Å². The third-order valence-corrected chi connectivity index (χ3v) is 5.66. The number of anilines is 3. The second-order valence-electron chi connectivity index (χ2n) is 7.86. The molecule has 0 bridgehead atoms. The highest BCUT2D eigenvalue weighted by molar-refractivity contribution is 5.76. The van der Waals surface area contributed by atoms with Crippen molar-refractivity contribution in [1.82, 2.24) is 15.2 Å². The number of pyridine rings is 1. The van der Waals surface area contributed by atoms with E-state index in [0.29, 0.717) is 48.8 Å². The van der Waals surface area contributed by atoms with Gasteiger partial charge in [-0.2, -0.15) is 0 Å². The second-order valence-corrected chi connectivity index (χ2v) is 7.86. The smallest absolute Gasteiger partial charge is 0.317 e. The van der Waals surface area contributed by atoms with Gasteiger partial charge in [-0.25, -0.2) is 18.6 Å². The van der Waals surface area contributed by atoms with Gasteiger partial charge in [-0.3, -0.25) is 0 Å². The Morgan fingerprint density at radius 3 is 2.65 bits per heavy atom. The summed E-state index contributed by atoms with van der Waals surface area (Å²) >= 11 is 0. The van der Waals surface area contributed by atoms with Crippen LogP contribution in [0.1, 0.15) is 5.56 Å². The van der Waals surface area contributed by atoms with E-state index in [-0.39, 0.29) is 29.8 Å². The van der Waals surface area contributed by atoms with Crippen LogP contribution >= 0.6 is 0 Å². The van der Waals surface area contributed by atoms with Gasteiger partial charge in [0.2, 0.25) is 0 Å². The zero-order valence-electron chi connectivity index (χ0n) is 18.6. The van der Waals surface area contributed by atoms with Gasteiger partial charge in [-0.1, -0.05) is 6.07 Å². The number of hydrogen-bond acceptors (Lipinski definition) is 6. The van der Waals surface area contributed by atoms with Crippen LogP contribution in [0.3, 0.4) is 0 Å². The monoisotopic (exact) mass is 469 g/mol. The van der Waals surface area contributed by atoms with E-state index in [4.69, 9.17) is 10.5 Å². The molecule has 0 spiro atoms. The van der Waals surface area contributed by atoms with E-state index >= 15 is 0 Å². The minimum atomic E-state index is -0.706. The molecule has 34 heavy (non-hydrogen) atoms. The van der Waals surface area contributed by atoms with Crippen molar-refractivity contribution >= 4 is 23.2 Å². The first-order chi connectivity index (χ1) is 16.3. The van der Waals surface area contributed by atoms with E-state index in [1.165, 1.54) is 23.1 Å². The van der Waals surface area contributed by atoms with Crippen LogP contribution in [0, 0.1) is 11.6 Å². The minimum Gasteiger partial charge on any atom is -0.507 e. The summed E-state index contributed by atoms with van der Waals surface area (Å²) in [5.41, 5.74) is 8.29. The molecule has 1 aliphatic rings. The molecule has 1 aliphatic heterocycles. The highest BCUT2D eigenvalue weighted by atomic mass is 19.1. The number of amides is 2. The van der Waals surface area contributed by atoms with Gasteiger partial charge in [0.25, 0.3) is 0 Å². The molecule has 4 rings (SSSR count). The van der Waals surface area contributed by atoms with Crippen molar-refractivity contribution in [3.63, 3.8) is 0 Å². The molecule has 2 amide bonds. The Balaban J connectivity index is 1.52. The number of ether oxygens (including phenoxy) is 1. The maximum atomic E-state index is 14.2. The first-order valence-electron chi connectivity index (χ1n) is 10.7. The van der Waals surface area contributed by atoms with Crippen molar-refractivity contribution in [2.75, 3.05) is 44.0 Å². The van der Waals surface area contributed by atoms with Crippen LogP contribution < -0.4 is 16.0 Å². The molecule has 8 nitrogen and oxygen atoms in total. The minimum absolute atomic E-state index is 0.0306. The number of halogens is 2. The maximum absolute atomic E-state index is 14.2. The number of aromatic nitrogens is 1. The Morgan fingerprint density at radius 1 is 1.18 bits per heavy atom. The van der Waals surface area contributed by atoms with Gasteiger partial charge in [0.05, 0.1) is 24.6 Å². The van der Waals surface area contributed by atoms with E-state index in [1.807, 2.05) is 0 Å². The number of phenolic OH excluding ortho intramolecular Hbond substituents is 1. The fourth-order valence-electron chi connectivity index (χ4n) is 3.68. The molecule has 2 heterocycles. The van der Waals surface area contributed by atoms with Crippen molar-refractivity contribution in [1.29, 1.82) is 0 Å². The van der Waals surface area contributed by atoms with Gasteiger partial charge >= 0.3 is 6.03 Å². The summed E-state index contributed by atoms with van der Waals surface area (Å²) in [6.07, 6.45) is 0. The zero-order chi connectivity index (χ0) is 24.2. The predicted molar refractivity (Wildman–Crippen MR) is 125 cm³/mol. The molecule has 3 aromatic rings. The second kappa shape index (κ2) is 9.92. The summed E-state index contributed by atoms with van der Waals surface area (Å²) in [6, 6.07) is 11.3. The number of carbonyl (C=O) groups excluding carboxylic acids is 1. The van der Waals surface area contributed by atoms with Crippen LogP contribution in [-0.4, -0.2) is 54.4 Å². The third-order valence-electron chi connectivity index (χ3n) is 5.66. The fraction of sp³-hybridized carbons (Fsp3) is 0.250. The topological polar surface area (TPSA) is 104 Å². The molecule has 0 atom stereocenters. The Labute approximate surface area is 195 Å². The normalized spacial score (nSPS) is 13.6. The first-order valence-corrected chi connectivity index (χ1v) is 10.7. The summed E-state index contributed by atoms with van der Waals surface area (Å²) in [5.74, 6) is -1.19. The number of carbonyl (C=O) groups is 1. The fourth-order valence-corrected chi connectivity index (χ4v) is 3.68. The van der Waals surface area contributed by atoms with Gasteiger partial charge in [-0.15, -0.1) is 0 Å². The number of nitrogens with zero attached hydrogens (tertiary/aromatic N) is 3. The molecule has 10 heteroatoms. The van der Waals surface area contributed by atoms with Gasteiger partial charge in [0.1, 0.15) is 23.2 Å². The van der Waals surface area contributed by atoms with E-state index < -0.39 is 11.6 Å². The molecule has 0 radical (unpaired) electrons. The van der Waals surface area contributed by atoms with Crippen LogP contribution in [0.25, 0.3) is 11.3 Å². The summed E-state index contributed by atoms with van der Waals surface area (Å²) in [5, 5.41) is 13.2. The Kier molecular flexibility index (Phi) is 6.78. The maximum Gasteiger partial charge on any atom is 0.317 e. The Morgan fingerprint density at radius 2 is 1.94 bits per heavy atom. The molecule has 4 N–H and O–H groups in total.